The Bertz CT molecular complexity index is 1340. The zero-order valence-corrected chi connectivity index (χ0v) is 53.8. The van der Waals surface area contributed by atoms with Gasteiger partial charge in [-0.15, -0.1) is 0 Å². The van der Waals surface area contributed by atoms with Gasteiger partial charge in [0.25, 0.3) is 0 Å². The number of amides is 1. The minimum absolute atomic E-state index is 0.00227. The lowest BCUT2D eigenvalue weighted by Gasteiger charge is -2.20. The third-order valence-electron chi connectivity index (χ3n) is 16.6. The molecule has 1 amide bonds. The van der Waals surface area contributed by atoms with E-state index < -0.39 is 12.1 Å². The molecule has 6 nitrogen and oxygen atoms in total. The zero-order valence-electron chi connectivity index (χ0n) is 53.8. The van der Waals surface area contributed by atoms with Crippen molar-refractivity contribution in [2.24, 2.45) is 0 Å². The maximum Gasteiger partial charge on any atom is 0.305 e. The van der Waals surface area contributed by atoms with Crippen LogP contribution < -0.4 is 5.32 Å². The molecule has 0 aliphatic carbocycles. The van der Waals surface area contributed by atoms with Gasteiger partial charge >= 0.3 is 5.97 Å². The summed E-state index contributed by atoms with van der Waals surface area (Å²) in [4.78, 5) is 24.6. The third-order valence-corrected chi connectivity index (χ3v) is 16.6. The number of hydrogen-bond acceptors (Lipinski definition) is 5. The molecular weight excluding hydrogens is 983 g/mol. The number of aliphatic hydroxyl groups is 2. The Morgan fingerprint density at radius 1 is 0.350 bits per heavy atom. The highest BCUT2D eigenvalue weighted by atomic mass is 16.5. The van der Waals surface area contributed by atoms with E-state index in [1.54, 1.807) is 6.08 Å². The second kappa shape index (κ2) is 69.3. The summed E-state index contributed by atoms with van der Waals surface area (Å²) in [6.45, 7) is 4.90. The molecule has 2 atom stereocenters. The molecule has 6 heteroatoms. The fourth-order valence-electron chi connectivity index (χ4n) is 11.1. The van der Waals surface area contributed by atoms with Crippen molar-refractivity contribution < 1.29 is 24.5 Å². The number of ether oxygens (including phenoxy) is 1. The number of rotatable bonds is 67. The standard InChI is InChI=1S/C74H139NO5/c1-3-5-7-9-11-13-15-17-19-20-32-35-39-42-46-50-54-58-62-66-72(77)71(70-76)75-73(78)67-63-59-55-51-47-43-40-36-33-30-28-26-24-22-21-23-25-27-29-31-34-37-41-45-49-53-57-61-65-69-80-74(79)68-64-60-56-52-48-44-38-18-16-14-12-10-8-6-4-2/h12,14,18,21,23,38,62,66,71-72,76-77H,3-11,13,15-17,19-20,22,24-37,39-61,63-65,67-70H2,1-2H3,(H,75,78)/b14-12-,23-21-,38-18-,66-62+. The fraction of sp³-hybridized carbons (Fsp3) is 0.865. The van der Waals surface area contributed by atoms with Crippen molar-refractivity contribution in [3.63, 3.8) is 0 Å². The largest absolute Gasteiger partial charge is 0.466 e. The van der Waals surface area contributed by atoms with E-state index in [1.807, 2.05) is 6.08 Å². The van der Waals surface area contributed by atoms with Crippen LogP contribution in [0, 0.1) is 0 Å². The normalized spacial score (nSPS) is 12.8. The number of unbranched alkanes of at least 4 members (excludes halogenated alkanes) is 50. The molecule has 0 aromatic carbocycles. The lowest BCUT2D eigenvalue weighted by molar-refractivity contribution is -0.143. The van der Waals surface area contributed by atoms with Crippen LogP contribution in [0.2, 0.25) is 0 Å². The molecule has 0 saturated carbocycles. The first-order valence-electron chi connectivity index (χ1n) is 35.9. The van der Waals surface area contributed by atoms with Crippen molar-refractivity contribution in [1.29, 1.82) is 0 Å². The molecule has 2 unspecified atom stereocenters. The van der Waals surface area contributed by atoms with Gasteiger partial charge in [-0.3, -0.25) is 9.59 Å². The van der Waals surface area contributed by atoms with E-state index in [-0.39, 0.29) is 18.5 Å². The first kappa shape index (κ1) is 77.8. The molecule has 80 heavy (non-hydrogen) atoms. The predicted molar refractivity (Wildman–Crippen MR) is 352 cm³/mol. The monoisotopic (exact) mass is 1120 g/mol. The maximum atomic E-state index is 12.5. The number of carbonyl (C=O) groups is 2. The highest BCUT2D eigenvalue weighted by molar-refractivity contribution is 5.76. The van der Waals surface area contributed by atoms with Crippen molar-refractivity contribution in [2.75, 3.05) is 13.2 Å². The molecule has 0 heterocycles. The molecule has 0 aliphatic heterocycles. The average molecular weight is 1120 g/mol. The number of carbonyl (C=O) groups excluding carboxylic acids is 2. The molecule has 0 rings (SSSR count). The molecule has 0 aliphatic rings. The Balaban J connectivity index is 3.40. The number of hydrogen-bond donors (Lipinski definition) is 3. The lowest BCUT2D eigenvalue weighted by Crippen LogP contribution is -2.45. The second-order valence-electron chi connectivity index (χ2n) is 24.6. The van der Waals surface area contributed by atoms with Gasteiger partial charge in [0.1, 0.15) is 0 Å². The van der Waals surface area contributed by atoms with Crippen LogP contribution in [0.15, 0.2) is 48.6 Å². The lowest BCUT2D eigenvalue weighted by atomic mass is 10.0. The molecule has 0 aromatic heterocycles. The second-order valence-corrected chi connectivity index (χ2v) is 24.6. The number of nitrogens with one attached hydrogen (secondary N) is 1. The van der Waals surface area contributed by atoms with Crippen LogP contribution in [-0.2, 0) is 14.3 Å². The van der Waals surface area contributed by atoms with Crippen LogP contribution in [0.4, 0.5) is 0 Å². The van der Waals surface area contributed by atoms with Crippen molar-refractivity contribution in [3.8, 4) is 0 Å². The summed E-state index contributed by atoms with van der Waals surface area (Å²) in [5, 5.41) is 23.2. The van der Waals surface area contributed by atoms with E-state index in [9.17, 15) is 19.8 Å². The molecule has 0 bridgehead atoms. The molecule has 0 saturated heterocycles. The molecule has 3 N–H and O–H groups in total. The summed E-state index contributed by atoms with van der Waals surface area (Å²) >= 11 is 0. The van der Waals surface area contributed by atoms with E-state index in [0.29, 0.717) is 19.4 Å². The minimum atomic E-state index is -0.845. The summed E-state index contributed by atoms with van der Waals surface area (Å²) in [5.41, 5.74) is 0. The quantitative estimate of drug-likeness (QED) is 0.0320. The molecule has 0 aromatic rings. The van der Waals surface area contributed by atoms with Gasteiger partial charge in [0.15, 0.2) is 0 Å². The average Bonchev–Trinajstić information content (AvgIpc) is 3.46. The van der Waals surface area contributed by atoms with E-state index in [2.05, 4.69) is 55.6 Å². The van der Waals surface area contributed by atoms with Crippen LogP contribution in [0.5, 0.6) is 0 Å². The first-order chi connectivity index (χ1) is 39.5. The van der Waals surface area contributed by atoms with Gasteiger partial charge in [0.2, 0.25) is 5.91 Å². The van der Waals surface area contributed by atoms with Gasteiger partial charge in [-0.25, -0.2) is 0 Å². The van der Waals surface area contributed by atoms with Crippen molar-refractivity contribution in [2.45, 2.75) is 398 Å². The van der Waals surface area contributed by atoms with E-state index in [4.69, 9.17) is 4.74 Å². The van der Waals surface area contributed by atoms with E-state index in [1.165, 1.54) is 308 Å². The predicted octanol–water partition coefficient (Wildman–Crippen LogP) is 23.3. The van der Waals surface area contributed by atoms with Gasteiger partial charge in [0, 0.05) is 12.8 Å². The molecule has 0 spiro atoms. The first-order valence-corrected chi connectivity index (χ1v) is 35.9. The Labute approximate surface area is 499 Å². The van der Waals surface area contributed by atoms with Gasteiger partial charge in [-0.05, 0) is 89.9 Å². The summed E-state index contributed by atoms with van der Waals surface area (Å²) in [6.07, 6.45) is 90.5. The van der Waals surface area contributed by atoms with Gasteiger partial charge < -0.3 is 20.3 Å². The molecule has 0 fully saturated rings. The van der Waals surface area contributed by atoms with Crippen LogP contribution >= 0.6 is 0 Å². The number of aliphatic hydroxyl groups excluding tert-OH is 2. The van der Waals surface area contributed by atoms with Crippen molar-refractivity contribution in [1.82, 2.24) is 5.32 Å². The summed E-state index contributed by atoms with van der Waals surface area (Å²) in [6, 6.07) is -0.629. The van der Waals surface area contributed by atoms with Gasteiger partial charge in [-0.1, -0.05) is 332 Å². The van der Waals surface area contributed by atoms with Crippen LogP contribution in [0.1, 0.15) is 386 Å². The third kappa shape index (κ3) is 65.0. The fourth-order valence-corrected chi connectivity index (χ4v) is 11.1. The van der Waals surface area contributed by atoms with Crippen LogP contribution in [-0.4, -0.2) is 47.4 Å². The molecule has 0 radical (unpaired) electrons. The topological polar surface area (TPSA) is 95.9 Å². The Hall–Kier alpha value is -2.18. The van der Waals surface area contributed by atoms with E-state index in [0.717, 1.165) is 51.4 Å². The van der Waals surface area contributed by atoms with E-state index >= 15 is 0 Å². The smallest absolute Gasteiger partial charge is 0.305 e. The summed E-state index contributed by atoms with van der Waals surface area (Å²) in [7, 11) is 0. The Morgan fingerprint density at radius 2 is 0.625 bits per heavy atom. The summed E-state index contributed by atoms with van der Waals surface area (Å²) < 4.78 is 5.49. The van der Waals surface area contributed by atoms with Crippen LogP contribution in [0.3, 0.4) is 0 Å². The van der Waals surface area contributed by atoms with Crippen molar-refractivity contribution in [3.05, 3.63) is 48.6 Å². The Morgan fingerprint density at radius 3 is 0.988 bits per heavy atom. The SMILES string of the molecule is CCCCC/C=C\C/C=C\CCCCCCCC(=O)OCCCCCCCCCCCCCC/C=C\CCCCCCCCCCCCCCCC(=O)NC(CO)C(O)/C=C/CCCCCCCCCCCCCCCCCCC. The minimum Gasteiger partial charge on any atom is -0.466 e. The molecule has 470 valence electrons. The highest BCUT2D eigenvalue weighted by Crippen LogP contribution is 2.18. The van der Waals surface area contributed by atoms with Gasteiger partial charge in [-0.2, -0.15) is 0 Å². The zero-order chi connectivity index (χ0) is 57.8. The maximum absolute atomic E-state index is 12.5. The highest BCUT2D eigenvalue weighted by Gasteiger charge is 2.18. The van der Waals surface area contributed by atoms with Gasteiger partial charge in [0.05, 0.1) is 25.4 Å². The number of esters is 1. The molecular formula is C74H139NO5. The van der Waals surface area contributed by atoms with Crippen molar-refractivity contribution >= 4 is 11.9 Å². The number of allylic oxidation sites excluding steroid dienone is 7. The van der Waals surface area contributed by atoms with Crippen LogP contribution in [0.25, 0.3) is 0 Å². The Kier molecular flexibility index (Phi) is 67.4. The summed E-state index contributed by atoms with van der Waals surface area (Å²) in [5.74, 6) is -0.0620.